The van der Waals surface area contributed by atoms with Gasteiger partial charge in [0.05, 0.1) is 22.7 Å². The number of ether oxygens (including phenoxy) is 1. The minimum atomic E-state index is -4.03. The molecule has 0 amide bonds. The first-order chi connectivity index (χ1) is 9.25. The van der Waals surface area contributed by atoms with Gasteiger partial charge in [-0.1, -0.05) is 0 Å². The minimum Gasteiger partial charge on any atom is -0.506 e. The Balaban J connectivity index is 0.00000400. The second-order valence-electron chi connectivity index (χ2n) is 3.83. The van der Waals surface area contributed by atoms with E-state index in [1.165, 1.54) is 13.0 Å². The number of phenolic OH excluding ortho intramolecular Hbond substituents is 1. The standard InChI is InChI=1S/C12H11BrF2N2O3.ClH/c1-2-20-11(19)12(14,15)10(17)7-3-6(5-16)4-8(13)9(7)18;/h3-4,10,18H,2,17H2,1H3;1H/t10-;/m1./s1. The Labute approximate surface area is 134 Å². The fourth-order valence-electron chi connectivity index (χ4n) is 1.47. The van der Waals surface area contributed by atoms with E-state index in [1.54, 1.807) is 6.07 Å². The second-order valence-corrected chi connectivity index (χ2v) is 4.68. The fourth-order valence-corrected chi connectivity index (χ4v) is 1.95. The number of hydrogen-bond donors (Lipinski definition) is 2. The molecular formula is C12H12BrClF2N2O3. The van der Waals surface area contributed by atoms with Crippen molar-refractivity contribution in [3.8, 4) is 11.8 Å². The number of benzene rings is 1. The maximum atomic E-state index is 13.8. The molecule has 0 spiro atoms. The molecule has 1 aromatic rings. The zero-order chi connectivity index (χ0) is 15.5. The number of hydrogen-bond acceptors (Lipinski definition) is 5. The number of phenols is 1. The molecule has 9 heteroatoms. The molecular weight excluding hydrogens is 373 g/mol. The number of carbonyl (C=O) groups is 1. The van der Waals surface area contributed by atoms with Gasteiger partial charge in [0.2, 0.25) is 0 Å². The molecule has 0 unspecified atom stereocenters. The maximum absolute atomic E-state index is 13.8. The SMILES string of the molecule is CCOC(=O)C(F)(F)[C@H](N)c1cc(C#N)cc(Br)c1O.Cl. The molecule has 1 rings (SSSR count). The first-order valence-corrected chi connectivity index (χ1v) is 6.28. The van der Waals surface area contributed by atoms with Crippen molar-refractivity contribution in [3.63, 3.8) is 0 Å². The zero-order valence-electron chi connectivity index (χ0n) is 10.8. The summed E-state index contributed by atoms with van der Waals surface area (Å²) in [5, 5.41) is 18.5. The summed E-state index contributed by atoms with van der Waals surface area (Å²) in [6, 6.07) is 1.85. The normalized spacial score (nSPS) is 12.0. The highest BCUT2D eigenvalue weighted by molar-refractivity contribution is 9.10. The summed E-state index contributed by atoms with van der Waals surface area (Å²) in [5.74, 6) is -6.37. The quantitative estimate of drug-likeness (QED) is 0.777. The molecule has 1 aromatic carbocycles. The van der Waals surface area contributed by atoms with Crippen molar-refractivity contribution in [1.29, 1.82) is 5.26 Å². The van der Waals surface area contributed by atoms with Crippen LogP contribution < -0.4 is 5.73 Å². The third-order valence-corrected chi connectivity index (χ3v) is 3.10. The average Bonchev–Trinajstić information content (AvgIpc) is 2.41. The highest BCUT2D eigenvalue weighted by Crippen LogP contribution is 2.39. The molecule has 21 heavy (non-hydrogen) atoms. The molecule has 0 bridgehead atoms. The Morgan fingerprint density at radius 2 is 2.19 bits per heavy atom. The first kappa shape index (κ1) is 19.6. The molecule has 116 valence electrons. The first-order valence-electron chi connectivity index (χ1n) is 5.48. The van der Waals surface area contributed by atoms with Crippen molar-refractivity contribution in [1.82, 2.24) is 0 Å². The average molecular weight is 386 g/mol. The Morgan fingerprint density at radius 3 is 2.67 bits per heavy atom. The topological polar surface area (TPSA) is 96.3 Å². The predicted molar refractivity (Wildman–Crippen MR) is 76.3 cm³/mol. The predicted octanol–water partition coefficient (Wildman–Crippen LogP) is 2.65. The fraction of sp³-hybridized carbons (Fsp3) is 0.333. The molecule has 5 nitrogen and oxygen atoms in total. The maximum Gasteiger partial charge on any atom is 0.379 e. The van der Waals surface area contributed by atoms with E-state index < -0.39 is 29.2 Å². The molecule has 1 atom stereocenters. The Hall–Kier alpha value is -1.43. The summed E-state index contributed by atoms with van der Waals surface area (Å²) in [6.45, 7) is 1.15. The number of nitrogens with zero attached hydrogens (tertiary/aromatic N) is 1. The molecule has 0 fully saturated rings. The van der Waals surface area contributed by atoms with E-state index >= 15 is 0 Å². The van der Waals surface area contributed by atoms with Gasteiger partial charge in [-0.25, -0.2) is 4.79 Å². The van der Waals surface area contributed by atoms with E-state index in [1.807, 2.05) is 0 Å². The summed E-state index contributed by atoms with van der Waals surface area (Å²) < 4.78 is 31.9. The van der Waals surface area contributed by atoms with Gasteiger partial charge in [0.1, 0.15) is 11.8 Å². The Morgan fingerprint density at radius 1 is 1.62 bits per heavy atom. The lowest BCUT2D eigenvalue weighted by Gasteiger charge is -2.23. The minimum absolute atomic E-state index is 0. The Bertz CT molecular complexity index is 578. The van der Waals surface area contributed by atoms with Crippen LogP contribution in [0.3, 0.4) is 0 Å². The number of nitrogens with two attached hydrogens (primary N) is 1. The molecule has 0 heterocycles. The summed E-state index contributed by atoms with van der Waals surface area (Å²) in [4.78, 5) is 11.2. The van der Waals surface area contributed by atoms with Gasteiger partial charge in [-0.2, -0.15) is 14.0 Å². The zero-order valence-corrected chi connectivity index (χ0v) is 13.2. The van der Waals surface area contributed by atoms with Crippen molar-refractivity contribution in [2.45, 2.75) is 18.9 Å². The number of halogens is 4. The monoisotopic (exact) mass is 384 g/mol. The largest absolute Gasteiger partial charge is 0.506 e. The van der Waals surface area contributed by atoms with E-state index in [-0.39, 0.29) is 29.1 Å². The number of aromatic hydroxyl groups is 1. The highest BCUT2D eigenvalue weighted by atomic mass is 79.9. The smallest absolute Gasteiger partial charge is 0.379 e. The molecule has 0 aliphatic rings. The van der Waals surface area contributed by atoms with Crippen LogP contribution in [0, 0.1) is 11.3 Å². The lowest BCUT2D eigenvalue weighted by molar-refractivity contribution is -0.174. The van der Waals surface area contributed by atoms with Gasteiger partial charge < -0.3 is 15.6 Å². The van der Waals surface area contributed by atoms with Crippen LogP contribution in [0.1, 0.15) is 24.1 Å². The van der Waals surface area contributed by atoms with Crippen LogP contribution in [0.2, 0.25) is 0 Å². The molecule has 0 radical (unpaired) electrons. The van der Waals surface area contributed by atoms with Gasteiger partial charge in [0.25, 0.3) is 0 Å². The van der Waals surface area contributed by atoms with Crippen LogP contribution in [0.4, 0.5) is 8.78 Å². The molecule has 0 aliphatic carbocycles. The van der Waals surface area contributed by atoms with Crippen LogP contribution >= 0.6 is 28.3 Å². The summed E-state index contributed by atoms with van der Waals surface area (Å²) in [7, 11) is 0. The Kier molecular flexibility index (Phi) is 7.03. The van der Waals surface area contributed by atoms with Crippen LogP contribution in [0.5, 0.6) is 5.75 Å². The highest BCUT2D eigenvalue weighted by Gasteiger charge is 2.48. The van der Waals surface area contributed by atoms with Crippen LogP contribution in [0.15, 0.2) is 16.6 Å². The molecule has 3 N–H and O–H groups in total. The summed E-state index contributed by atoms with van der Waals surface area (Å²) in [6.07, 6.45) is 0. The molecule has 0 saturated heterocycles. The van der Waals surface area contributed by atoms with Gasteiger partial charge >= 0.3 is 11.9 Å². The number of esters is 1. The summed E-state index contributed by atoms with van der Waals surface area (Å²) in [5.41, 5.74) is 4.95. The lowest BCUT2D eigenvalue weighted by atomic mass is 9.98. The lowest BCUT2D eigenvalue weighted by Crippen LogP contribution is -2.41. The van der Waals surface area contributed by atoms with E-state index in [4.69, 9.17) is 11.0 Å². The number of nitriles is 1. The second kappa shape index (κ2) is 7.54. The van der Waals surface area contributed by atoms with Crippen molar-refractivity contribution < 1.29 is 23.4 Å². The van der Waals surface area contributed by atoms with E-state index in [9.17, 15) is 18.7 Å². The van der Waals surface area contributed by atoms with Crippen molar-refractivity contribution in [2.75, 3.05) is 6.61 Å². The van der Waals surface area contributed by atoms with Gasteiger partial charge in [0.15, 0.2) is 0 Å². The van der Waals surface area contributed by atoms with E-state index in [0.29, 0.717) is 0 Å². The number of alkyl halides is 2. The number of rotatable bonds is 4. The van der Waals surface area contributed by atoms with Gasteiger partial charge in [0, 0.05) is 5.56 Å². The van der Waals surface area contributed by atoms with Crippen molar-refractivity contribution in [2.24, 2.45) is 5.73 Å². The van der Waals surface area contributed by atoms with Crippen molar-refractivity contribution in [3.05, 3.63) is 27.7 Å². The third kappa shape index (κ3) is 4.03. The van der Waals surface area contributed by atoms with Crippen LogP contribution in [0.25, 0.3) is 0 Å². The molecule has 0 aliphatic heterocycles. The number of carbonyl (C=O) groups excluding carboxylic acids is 1. The van der Waals surface area contributed by atoms with Crippen LogP contribution in [-0.4, -0.2) is 23.6 Å². The summed E-state index contributed by atoms with van der Waals surface area (Å²) >= 11 is 2.92. The van der Waals surface area contributed by atoms with Gasteiger partial charge in [-0.15, -0.1) is 12.4 Å². The third-order valence-electron chi connectivity index (χ3n) is 2.50. The van der Waals surface area contributed by atoms with Gasteiger partial charge in [-0.05, 0) is 35.0 Å². The van der Waals surface area contributed by atoms with Gasteiger partial charge in [-0.3, -0.25) is 0 Å². The molecule has 0 aromatic heterocycles. The molecule has 0 saturated carbocycles. The van der Waals surface area contributed by atoms with Crippen LogP contribution in [-0.2, 0) is 9.53 Å². The van der Waals surface area contributed by atoms with Crippen molar-refractivity contribution >= 4 is 34.3 Å². The van der Waals surface area contributed by atoms with E-state index in [2.05, 4.69) is 20.7 Å². The van der Waals surface area contributed by atoms with E-state index in [0.717, 1.165) is 6.07 Å².